The van der Waals surface area contributed by atoms with Crippen LogP contribution in [-0.2, 0) is 6.54 Å². The number of hydrogen-bond donors (Lipinski definition) is 1. The predicted molar refractivity (Wildman–Crippen MR) is 90.4 cm³/mol. The third-order valence-electron chi connectivity index (χ3n) is 4.37. The van der Waals surface area contributed by atoms with E-state index in [1.807, 2.05) is 6.07 Å². The zero-order valence-corrected chi connectivity index (χ0v) is 13.7. The fourth-order valence-electron chi connectivity index (χ4n) is 3.24. The highest BCUT2D eigenvalue weighted by Crippen LogP contribution is 2.35. The van der Waals surface area contributed by atoms with E-state index < -0.39 is 0 Å². The predicted octanol–water partition coefficient (Wildman–Crippen LogP) is 4.87. The Kier molecular flexibility index (Phi) is 4.41. The summed E-state index contributed by atoms with van der Waals surface area (Å²) in [6, 6.07) is 11.1. The molecule has 3 heteroatoms. The molecular formula is C18H24N2S. The van der Waals surface area contributed by atoms with Gasteiger partial charge in [-0.05, 0) is 24.7 Å². The van der Waals surface area contributed by atoms with Crippen LogP contribution in [0.15, 0.2) is 35.7 Å². The largest absolute Gasteiger partial charge is 0.308 e. The summed E-state index contributed by atoms with van der Waals surface area (Å²) in [4.78, 5) is 4.76. The van der Waals surface area contributed by atoms with Crippen LogP contribution in [0.25, 0.3) is 11.3 Å². The number of nitrogens with one attached hydrogen (secondary N) is 1. The van der Waals surface area contributed by atoms with E-state index in [1.54, 1.807) is 11.3 Å². The molecule has 1 heterocycles. The van der Waals surface area contributed by atoms with Crippen LogP contribution in [0.2, 0.25) is 0 Å². The standard InChI is InChI=1S/C18H24N2S/c1-18(2)10-6-9-15(11-18)19-12-17-20-16(13-21-17)14-7-4-3-5-8-14/h3-5,7-8,13,15,19H,6,9-12H2,1-2H3. The van der Waals surface area contributed by atoms with Crippen LogP contribution in [0.3, 0.4) is 0 Å². The van der Waals surface area contributed by atoms with E-state index in [0.29, 0.717) is 11.5 Å². The highest BCUT2D eigenvalue weighted by atomic mass is 32.1. The summed E-state index contributed by atoms with van der Waals surface area (Å²) in [5.41, 5.74) is 2.80. The van der Waals surface area contributed by atoms with Gasteiger partial charge in [-0.25, -0.2) is 4.98 Å². The minimum absolute atomic E-state index is 0.494. The summed E-state index contributed by atoms with van der Waals surface area (Å²) in [5.74, 6) is 0. The van der Waals surface area contributed by atoms with E-state index >= 15 is 0 Å². The molecule has 1 unspecified atom stereocenters. The summed E-state index contributed by atoms with van der Waals surface area (Å²) in [5, 5.41) is 7.06. The number of benzene rings is 1. The number of rotatable bonds is 4. The SMILES string of the molecule is CC1(C)CCCC(NCc2nc(-c3ccccc3)cs2)C1. The summed E-state index contributed by atoms with van der Waals surface area (Å²) in [6.45, 7) is 5.67. The Morgan fingerprint density at radius 3 is 2.86 bits per heavy atom. The van der Waals surface area contributed by atoms with Crippen molar-refractivity contribution >= 4 is 11.3 Å². The van der Waals surface area contributed by atoms with E-state index in [2.05, 4.69) is 48.8 Å². The molecule has 1 aromatic heterocycles. The summed E-state index contributed by atoms with van der Waals surface area (Å²) in [7, 11) is 0. The number of hydrogen-bond acceptors (Lipinski definition) is 3. The second kappa shape index (κ2) is 6.29. The van der Waals surface area contributed by atoms with Gasteiger partial charge in [0.2, 0.25) is 0 Å². The lowest BCUT2D eigenvalue weighted by Gasteiger charge is -2.35. The van der Waals surface area contributed by atoms with Crippen molar-refractivity contribution in [3.05, 3.63) is 40.7 Å². The van der Waals surface area contributed by atoms with Crippen molar-refractivity contribution < 1.29 is 0 Å². The average molecular weight is 300 g/mol. The smallest absolute Gasteiger partial charge is 0.107 e. The average Bonchev–Trinajstić information content (AvgIpc) is 2.94. The highest BCUT2D eigenvalue weighted by molar-refractivity contribution is 7.09. The number of thiazole rings is 1. The van der Waals surface area contributed by atoms with Crippen LogP contribution in [0.5, 0.6) is 0 Å². The zero-order chi connectivity index (χ0) is 14.7. The maximum atomic E-state index is 4.76. The van der Waals surface area contributed by atoms with E-state index in [1.165, 1.54) is 36.3 Å². The molecule has 1 atom stereocenters. The van der Waals surface area contributed by atoms with Crippen molar-refractivity contribution in [1.82, 2.24) is 10.3 Å². The zero-order valence-electron chi connectivity index (χ0n) is 12.9. The number of aromatic nitrogens is 1. The van der Waals surface area contributed by atoms with Crippen molar-refractivity contribution in [2.45, 2.75) is 52.1 Å². The van der Waals surface area contributed by atoms with Crippen LogP contribution >= 0.6 is 11.3 Å². The molecule has 112 valence electrons. The molecule has 1 aliphatic rings. The minimum atomic E-state index is 0.494. The van der Waals surface area contributed by atoms with Crippen LogP contribution in [-0.4, -0.2) is 11.0 Å². The Bertz CT molecular complexity index is 574. The van der Waals surface area contributed by atoms with E-state index in [-0.39, 0.29) is 0 Å². The van der Waals surface area contributed by atoms with Crippen molar-refractivity contribution in [3.63, 3.8) is 0 Å². The Hall–Kier alpha value is -1.19. The Morgan fingerprint density at radius 2 is 2.10 bits per heavy atom. The lowest BCUT2D eigenvalue weighted by Crippen LogP contribution is -2.36. The van der Waals surface area contributed by atoms with Crippen molar-refractivity contribution in [2.24, 2.45) is 5.41 Å². The van der Waals surface area contributed by atoms with Gasteiger partial charge in [-0.3, -0.25) is 0 Å². The molecule has 1 aliphatic carbocycles. The van der Waals surface area contributed by atoms with Gasteiger partial charge in [-0.2, -0.15) is 0 Å². The lowest BCUT2D eigenvalue weighted by atomic mass is 9.75. The normalized spacial score (nSPS) is 21.3. The van der Waals surface area contributed by atoms with Crippen molar-refractivity contribution in [3.8, 4) is 11.3 Å². The molecule has 0 aliphatic heterocycles. The fraction of sp³-hybridized carbons (Fsp3) is 0.500. The molecule has 0 saturated heterocycles. The highest BCUT2D eigenvalue weighted by Gasteiger charge is 2.27. The summed E-state index contributed by atoms with van der Waals surface area (Å²) >= 11 is 1.76. The number of nitrogens with zero attached hydrogens (tertiary/aromatic N) is 1. The Balaban J connectivity index is 1.58. The molecule has 1 saturated carbocycles. The van der Waals surface area contributed by atoms with Crippen molar-refractivity contribution in [2.75, 3.05) is 0 Å². The molecule has 0 bridgehead atoms. The van der Waals surface area contributed by atoms with Gasteiger partial charge in [-0.15, -0.1) is 11.3 Å². The molecule has 0 amide bonds. The summed E-state index contributed by atoms with van der Waals surface area (Å²) < 4.78 is 0. The molecular weight excluding hydrogens is 276 g/mol. The van der Waals surface area contributed by atoms with Gasteiger partial charge >= 0.3 is 0 Å². The van der Waals surface area contributed by atoms with Gasteiger partial charge < -0.3 is 5.32 Å². The van der Waals surface area contributed by atoms with Crippen LogP contribution in [0.4, 0.5) is 0 Å². The molecule has 21 heavy (non-hydrogen) atoms. The molecule has 2 aromatic rings. The Morgan fingerprint density at radius 1 is 1.29 bits per heavy atom. The third kappa shape index (κ3) is 3.92. The van der Waals surface area contributed by atoms with Crippen molar-refractivity contribution in [1.29, 1.82) is 0 Å². The first-order chi connectivity index (χ1) is 10.1. The van der Waals surface area contributed by atoms with Crippen LogP contribution in [0, 0.1) is 5.41 Å². The molecule has 3 rings (SSSR count). The first-order valence-electron chi connectivity index (χ1n) is 7.86. The maximum absolute atomic E-state index is 4.76. The minimum Gasteiger partial charge on any atom is -0.308 e. The summed E-state index contributed by atoms with van der Waals surface area (Å²) in [6.07, 6.45) is 5.29. The lowest BCUT2D eigenvalue weighted by molar-refractivity contribution is 0.198. The first kappa shape index (κ1) is 14.7. The molecule has 1 N–H and O–H groups in total. The van der Waals surface area contributed by atoms with Gasteiger partial charge in [0.25, 0.3) is 0 Å². The molecule has 1 aromatic carbocycles. The monoisotopic (exact) mass is 300 g/mol. The first-order valence-corrected chi connectivity index (χ1v) is 8.74. The van der Waals surface area contributed by atoms with E-state index in [9.17, 15) is 0 Å². The topological polar surface area (TPSA) is 24.9 Å². The second-order valence-corrected chi connectivity index (χ2v) is 7.77. The van der Waals surface area contributed by atoms with Crippen LogP contribution < -0.4 is 5.32 Å². The molecule has 1 fully saturated rings. The van der Waals surface area contributed by atoms with Gasteiger partial charge in [0.05, 0.1) is 5.69 Å². The fourth-order valence-corrected chi connectivity index (χ4v) is 3.99. The van der Waals surface area contributed by atoms with E-state index in [4.69, 9.17) is 4.98 Å². The van der Waals surface area contributed by atoms with Crippen LogP contribution in [0.1, 0.15) is 44.5 Å². The van der Waals surface area contributed by atoms with Gasteiger partial charge in [-0.1, -0.05) is 50.6 Å². The van der Waals surface area contributed by atoms with Gasteiger partial charge in [0.1, 0.15) is 5.01 Å². The van der Waals surface area contributed by atoms with Gasteiger partial charge in [0, 0.05) is 23.5 Å². The Labute approximate surface area is 131 Å². The molecule has 0 spiro atoms. The molecule has 2 nitrogen and oxygen atoms in total. The third-order valence-corrected chi connectivity index (χ3v) is 5.22. The van der Waals surface area contributed by atoms with E-state index in [0.717, 1.165) is 12.2 Å². The quantitative estimate of drug-likeness (QED) is 0.871. The van der Waals surface area contributed by atoms with Gasteiger partial charge in [0.15, 0.2) is 0 Å². The second-order valence-electron chi connectivity index (χ2n) is 6.83. The maximum Gasteiger partial charge on any atom is 0.107 e. The molecule has 0 radical (unpaired) electrons.